The van der Waals surface area contributed by atoms with Crippen molar-refractivity contribution in [2.45, 2.75) is 37.8 Å². The fourth-order valence-electron chi connectivity index (χ4n) is 2.40. The number of pyridine rings is 1. The summed E-state index contributed by atoms with van der Waals surface area (Å²) in [5, 5.41) is 23.1. The van der Waals surface area contributed by atoms with Crippen LogP contribution in [0.2, 0.25) is 0 Å². The molecule has 1 aromatic heterocycles. The van der Waals surface area contributed by atoms with Crippen LogP contribution >= 0.6 is 0 Å². The second-order valence-corrected chi connectivity index (χ2v) is 5.46. The molecule has 1 saturated carbocycles. The lowest BCUT2D eigenvalue weighted by molar-refractivity contribution is -0.114. The molecule has 6 N–H and O–H groups in total. The molecule has 0 atom stereocenters. The number of aromatic nitrogens is 1. The van der Waals surface area contributed by atoms with E-state index in [1.807, 2.05) is 0 Å². The van der Waals surface area contributed by atoms with Crippen LogP contribution in [0.15, 0.2) is 30.1 Å². The van der Waals surface area contributed by atoms with Crippen LogP contribution in [0.5, 0.6) is 0 Å². The first kappa shape index (κ1) is 16.9. The van der Waals surface area contributed by atoms with E-state index in [2.05, 4.69) is 15.6 Å². The fraction of sp³-hybridized carbons (Fsp3) is 0.400. The SMILES string of the molecule is N=C(Nc1ccnc(F)c1)/C(=C\N[C@H]1CC[C@@H](O)CC1)C(N)=O. The number of aliphatic hydroxyl groups is 1. The van der Waals surface area contributed by atoms with E-state index in [0.717, 1.165) is 18.9 Å². The summed E-state index contributed by atoms with van der Waals surface area (Å²) in [7, 11) is 0. The molecule has 2 rings (SSSR count). The van der Waals surface area contributed by atoms with Crippen LogP contribution in [0.25, 0.3) is 0 Å². The van der Waals surface area contributed by atoms with Gasteiger partial charge in [-0.2, -0.15) is 4.39 Å². The second kappa shape index (κ2) is 7.68. The highest BCUT2D eigenvalue weighted by Crippen LogP contribution is 2.18. The summed E-state index contributed by atoms with van der Waals surface area (Å²) in [6, 6.07) is 2.72. The summed E-state index contributed by atoms with van der Waals surface area (Å²) in [5.74, 6) is -1.68. The number of nitrogens with one attached hydrogen (secondary N) is 3. The molecule has 0 aliphatic heterocycles. The van der Waals surface area contributed by atoms with Crippen molar-refractivity contribution in [3.05, 3.63) is 36.1 Å². The minimum absolute atomic E-state index is 0.0339. The molecule has 124 valence electrons. The third-order valence-corrected chi connectivity index (χ3v) is 3.69. The maximum Gasteiger partial charge on any atom is 0.253 e. The Morgan fingerprint density at radius 1 is 1.43 bits per heavy atom. The van der Waals surface area contributed by atoms with Gasteiger partial charge in [-0.1, -0.05) is 0 Å². The maximum atomic E-state index is 13.0. The van der Waals surface area contributed by atoms with Gasteiger partial charge in [0.25, 0.3) is 5.91 Å². The highest BCUT2D eigenvalue weighted by Gasteiger charge is 2.19. The number of carbonyl (C=O) groups is 1. The van der Waals surface area contributed by atoms with E-state index in [9.17, 15) is 14.3 Å². The molecule has 7 nitrogen and oxygen atoms in total. The predicted molar refractivity (Wildman–Crippen MR) is 84.2 cm³/mol. The standard InChI is InChI=1S/C15H20FN5O2/c16-13-7-10(5-6-19-13)21-14(17)12(15(18)23)8-20-9-1-3-11(22)4-2-9/h5-9,11,20,22H,1-4H2,(H2,18,23)(H2,17,19,21)/b12-8+/t9-,11+. The van der Waals surface area contributed by atoms with Gasteiger partial charge in [0.1, 0.15) is 5.84 Å². The molecule has 0 aromatic carbocycles. The highest BCUT2D eigenvalue weighted by molar-refractivity contribution is 6.23. The molecule has 0 saturated heterocycles. The van der Waals surface area contributed by atoms with Crippen LogP contribution in [0.3, 0.4) is 0 Å². The number of nitrogens with zero attached hydrogens (tertiary/aromatic N) is 1. The van der Waals surface area contributed by atoms with Gasteiger partial charge in [-0.15, -0.1) is 0 Å². The first-order valence-electron chi connectivity index (χ1n) is 7.37. The lowest BCUT2D eigenvalue weighted by atomic mass is 9.93. The molecule has 1 aromatic rings. The van der Waals surface area contributed by atoms with E-state index >= 15 is 0 Å². The van der Waals surface area contributed by atoms with Gasteiger partial charge >= 0.3 is 0 Å². The van der Waals surface area contributed by atoms with Gasteiger partial charge in [-0.05, 0) is 31.7 Å². The molecule has 1 heterocycles. The Balaban J connectivity index is 2.00. The fourth-order valence-corrected chi connectivity index (χ4v) is 2.40. The number of halogens is 1. The van der Waals surface area contributed by atoms with Crippen LogP contribution in [0.4, 0.5) is 10.1 Å². The highest BCUT2D eigenvalue weighted by atomic mass is 19.1. The molecular weight excluding hydrogens is 301 g/mol. The number of rotatable bonds is 5. The van der Waals surface area contributed by atoms with Gasteiger partial charge in [0, 0.05) is 30.2 Å². The van der Waals surface area contributed by atoms with Crippen LogP contribution < -0.4 is 16.4 Å². The monoisotopic (exact) mass is 321 g/mol. The number of carbonyl (C=O) groups excluding carboxylic acids is 1. The summed E-state index contributed by atoms with van der Waals surface area (Å²) in [6.45, 7) is 0. The van der Waals surface area contributed by atoms with E-state index in [-0.39, 0.29) is 23.6 Å². The van der Waals surface area contributed by atoms with Crippen LogP contribution in [0, 0.1) is 11.4 Å². The largest absolute Gasteiger partial charge is 0.393 e. The number of amides is 1. The Morgan fingerprint density at radius 2 is 2.13 bits per heavy atom. The van der Waals surface area contributed by atoms with E-state index < -0.39 is 11.9 Å². The zero-order valence-electron chi connectivity index (χ0n) is 12.6. The van der Waals surface area contributed by atoms with Gasteiger partial charge in [0.15, 0.2) is 0 Å². The van der Waals surface area contributed by atoms with Gasteiger partial charge < -0.3 is 21.5 Å². The van der Waals surface area contributed by atoms with E-state index in [1.54, 1.807) is 0 Å². The Bertz CT molecular complexity index is 612. The first-order chi connectivity index (χ1) is 11.0. The quantitative estimate of drug-likeness (QED) is 0.238. The number of anilines is 1. The average molecular weight is 321 g/mol. The lowest BCUT2D eigenvalue weighted by Crippen LogP contribution is -2.34. The smallest absolute Gasteiger partial charge is 0.253 e. The minimum atomic E-state index is -0.764. The molecule has 23 heavy (non-hydrogen) atoms. The van der Waals surface area contributed by atoms with Crippen molar-refractivity contribution in [3.8, 4) is 0 Å². The van der Waals surface area contributed by atoms with E-state index in [1.165, 1.54) is 18.5 Å². The summed E-state index contributed by atoms with van der Waals surface area (Å²) in [4.78, 5) is 14.9. The van der Waals surface area contributed by atoms with Crippen LogP contribution in [-0.2, 0) is 4.79 Å². The number of hydrogen-bond acceptors (Lipinski definition) is 5. The normalized spacial score (nSPS) is 21.6. The molecule has 1 amide bonds. The van der Waals surface area contributed by atoms with Gasteiger partial charge in [0.2, 0.25) is 5.95 Å². The Hall–Kier alpha value is -2.48. The van der Waals surface area contributed by atoms with Crippen LogP contribution in [-0.4, -0.2) is 34.0 Å². The third kappa shape index (κ3) is 5.03. The molecule has 1 fully saturated rings. The molecule has 0 unspecified atom stereocenters. The number of nitrogens with two attached hydrogens (primary N) is 1. The molecule has 0 radical (unpaired) electrons. The molecule has 1 aliphatic carbocycles. The maximum absolute atomic E-state index is 13.0. The van der Waals surface area contributed by atoms with Crippen molar-refractivity contribution >= 4 is 17.4 Å². The average Bonchev–Trinajstić information content (AvgIpc) is 2.49. The predicted octanol–water partition coefficient (Wildman–Crippen LogP) is 0.872. The Kier molecular flexibility index (Phi) is 5.64. The number of aliphatic hydroxyl groups excluding tert-OH is 1. The summed E-state index contributed by atoms with van der Waals surface area (Å²) >= 11 is 0. The van der Waals surface area contributed by atoms with Gasteiger partial charge in [-0.25, -0.2) is 4.98 Å². The van der Waals surface area contributed by atoms with Crippen molar-refractivity contribution in [3.63, 3.8) is 0 Å². The zero-order chi connectivity index (χ0) is 16.8. The Labute approximate surface area is 133 Å². The van der Waals surface area contributed by atoms with Crippen LogP contribution in [0.1, 0.15) is 25.7 Å². The first-order valence-corrected chi connectivity index (χ1v) is 7.37. The molecule has 0 spiro atoms. The number of hydrogen-bond donors (Lipinski definition) is 5. The van der Waals surface area contributed by atoms with Crippen molar-refractivity contribution in [1.29, 1.82) is 5.41 Å². The Morgan fingerprint density at radius 3 is 2.74 bits per heavy atom. The topological polar surface area (TPSA) is 124 Å². The molecular formula is C15H20FN5O2. The minimum Gasteiger partial charge on any atom is -0.393 e. The second-order valence-electron chi connectivity index (χ2n) is 5.46. The summed E-state index contributed by atoms with van der Waals surface area (Å²) in [6.07, 6.45) is 5.34. The summed E-state index contributed by atoms with van der Waals surface area (Å²) in [5.41, 5.74) is 5.57. The van der Waals surface area contributed by atoms with Crippen molar-refractivity contribution < 1.29 is 14.3 Å². The van der Waals surface area contributed by atoms with E-state index in [0.29, 0.717) is 18.5 Å². The molecule has 8 heteroatoms. The van der Waals surface area contributed by atoms with Crippen molar-refractivity contribution in [2.75, 3.05) is 5.32 Å². The van der Waals surface area contributed by atoms with E-state index in [4.69, 9.17) is 11.1 Å². The number of primary amides is 1. The number of amidine groups is 1. The zero-order valence-corrected chi connectivity index (χ0v) is 12.6. The third-order valence-electron chi connectivity index (χ3n) is 3.69. The molecule has 0 bridgehead atoms. The molecule has 1 aliphatic rings. The lowest BCUT2D eigenvalue weighted by Gasteiger charge is -2.25. The van der Waals surface area contributed by atoms with Gasteiger partial charge in [0.05, 0.1) is 11.7 Å². The summed E-state index contributed by atoms with van der Waals surface area (Å²) < 4.78 is 13.0. The van der Waals surface area contributed by atoms with Crippen molar-refractivity contribution in [1.82, 2.24) is 10.3 Å². The van der Waals surface area contributed by atoms with Crippen molar-refractivity contribution in [2.24, 2.45) is 5.73 Å². The van der Waals surface area contributed by atoms with Gasteiger partial charge in [-0.3, -0.25) is 10.2 Å².